The van der Waals surface area contributed by atoms with Gasteiger partial charge >= 0.3 is 0 Å². The van der Waals surface area contributed by atoms with Crippen molar-refractivity contribution in [3.63, 3.8) is 0 Å². The molecule has 0 aliphatic carbocycles. The van der Waals surface area contributed by atoms with Crippen molar-refractivity contribution in [3.05, 3.63) is 35.2 Å². The van der Waals surface area contributed by atoms with Crippen LogP contribution in [0.3, 0.4) is 0 Å². The van der Waals surface area contributed by atoms with E-state index in [1.165, 1.54) is 0 Å². The van der Waals surface area contributed by atoms with E-state index in [-0.39, 0.29) is 0 Å². The molecule has 108 valence electrons. The second kappa shape index (κ2) is 4.54. The molecule has 0 saturated heterocycles. The summed E-state index contributed by atoms with van der Waals surface area (Å²) in [6.45, 7) is 5.74. The van der Waals surface area contributed by atoms with Crippen LogP contribution in [0.1, 0.15) is 29.3 Å². The number of aromatic nitrogens is 6. The third-order valence-electron chi connectivity index (χ3n) is 4.11. The minimum absolute atomic E-state index is 0.645. The third-order valence-corrected chi connectivity index (χ3v) is 4.11. The molecule has 0 unspecified atom stereocenters. The summed E-state index contributed by atoms with van der Waals surface area (Å²) >= 11 is 0. The molecule has 4 rings (SSSR count). The number of fused-ring (bicyclic) bond motifs is 2. The van der Waals surface area contributed by atoms with E-state index in [0.717, 1.165) is 53.8 Å². The maximum Gasteiger partial charge on any atom is 0.157 e. The molecule has 3 aromatic rings. The lowest BCUT2D eigenvalue weighted by molar-refractivity contribution is 0.694. The Morgan fingerprint density at radius 1 is 1.29 bits per heavy atom. The second-order valence-corrected chi connectivity index (χ2v) is 5.41. The van der Waals surface area contributed by atoms with E-state index in [2.05, 4.69) is 37.1 Å². The molecule has 21 heavy (non-hydrogen) atoms. The minimum atomic E-state index is 0.645. The SMILES string of the molecule is Cc1nc2ccnn2c(NCc2nnc3n2CCC3)c1C. The van der Waals surface area contributed by atoms with Crippen LogP contribution in [0.5, 0.6) is 0 Å². The highest BCUT2D eigenvalue weighted by atomic mass is 15.3. The van der Waals surface area contributed by atoms with Gasteiger partial charge in [-0.15, -0.1) is 10.2 Å². The number of hydrogen-bond donors (Lipinski definition) is 1. The van der Waals surface area contributed by atoms with E-state index in [1.54, 1.807) is 6.20 Å². The molecule has 1 N–H and O–H groups in total. The Morgan fingerprint density at radius 3 is 3.10 bits per heavy atom. The molecule has 4 heterocycles. The molecular formula is C14H17N7. The molecule has 7 heteroatoms. The standard InChI is InChI=1S/C14H17N7/c1-9-10(2)17-11-5-6-16-21(11)14(9)15-8-13-19-18-12-4-3-7-20(12)13/h5-6,15H,3-4,7-8H2,1-2H3. The zero-order valence-electron chi connectivity index (χ0n) is 12.2. The fraction of sp³-hybridized carbons (Fsp3) is 0.429. The average molecular weight is 283 g/mol. The Labute approximate surface area is 122 Å². The topological polar surface area (TPSA) is 72.9 Å². The Kier molecular flexibility index (Phi) is 2.66. The van der Waals surface area contributed by atoms with Crippen LogP contribution < -0.4 is 5.32 Å². The van der Waals surface area contributed by atoms with Gasteiger partial charge in [0.15, 0.2) is 11.5 Å². The second-order valence-electron chi connectivity index (χ2n) is 5.41. The Bertz CT molecular complexity index is 814. The molecule has 3 aromatic heterocycles. The highest BCUT2D eigenvalue weighted by molar-refractivity contribution is 5.54. The van der Waals surface area contributed by atoms with Crippen molar-refractivity contribution in [2.45, 2.75) is 39.8 Å². The van der Waals surface area contributed by atoms with Gasteiger partial charge in [-0.25, -0.2) is 4.98 Å². The van der Waals surface area contributed by atoms with Crippen molar-refractivity contribution >= 4 is 11.5 Å². The number of nitrogens with one attached hydrogen (secondary N) is 1. The molecule has 0 saturated carbocycles. The summed E-state index contributed by atoms with van der Waals surface area (Å²) in [6.07, 6.45) is 3.96. The normalized spacial score (nSPS) is 13.8. The van der Waals surface area contributed by atoms with Crippen LogP contribution in [0, 0.1) is 13.8 Å². The average Bonchev–Trinajstić information content (AvgIpc) is 3.15. The Morgan fingerprint density at radius 2 is 2.19 bits per heavy atom. The molecule has 0 radical (unpaired) electrons. The fourth-order valence-electron chi connectivity index (χ4n) is 2.85. The molecule has 1 aliphatic heterocycles. The number of hydrogen-bond acceptors (Lipinski definition) is 5. The zero-order chi connectivity index (χ0) is 14.4. The van der Waals surface area contributed by atoms with Crippen molar-refractivity contribution in [3.8, 4) is 0 Å². The first-order valence-corrected chi connectivity index (χ1v) is 7.20. The summed E-state index contributed by atoms with van der Waals surface area (Å²) in [7, 11) is 0. The maximum absolute atomic E-state index is 4.53. The predicted octanol–water partition coefficient (Wildman–Crippen LogP) is 1.50. The predicted molar refractivity (Wildman–Crippen MR) is 78.1 cm³/mol. The van der Waals surface area contributed by atoms with E-state index >= 15 is 0 Å². The first kappa shape index (κ1) is 12.3. The Balaban J connectivity index is 1.68. The van der Waals surface area contributed by atoms with Crippen molar-refractivity contribution in [1.29, 1.82) is 0 Å². The zero-order valence-corrected chi connectivity index (χ0v) is 12.2. The van der Waals surface area contributed by atoms with E-state index in [9.17, 15) is 0 Å². The summed E-state index contributed by atoms with van der Waals surface area (Å²) in [4.78, 5) is 4.53. The van der Waals surface area contributed by atoms with E-state index in [4.69, 9.17) is 0 Å². The minimum Gasteiger partial charge on any atom is -0.362 e. The third kappa shape index (κ3) is 1.88. The van der Waals surface area contributed by atoms with Crippen molar-refractivity contribution in [2.75, 3.05) is 5.32 Å². The van der Waals surface area contributed by atoms with Gasteiger partial charge in [-0.2, -0.15) is 9.61 Å². The highest BCUT2D eigenvalue weighted by Gasteiger charge is 2.17. The van der Waals surface area contributed by atoms with Crippen LogP contribution in [-0.4, -0.2) is 29.4 Å². The lowest BCUT2D eigenvalue weighted by Crippen LogP contribution is -2.12. The quantitative estimate of drug-likeness (QED) is 0.788. The lowest BCUT2D eigenvalue weighted by atomic mass is 10.2. The Hall–Kier alpha value is -2.44. The van der Waals surface area contributed by atoms with Gasteiger partial charge in [-0.1, -0.05) is 0 Å². The van der Waals surface area contributed by atoms with E-state index in [1.807, 2.05) is 17.5 Å². The molecule has 0 aromatic carbocycles. The highest BCUT2D eigenvalue weighted by Crippen LogP contribution is 2.20. The van der Waals surface area contributed by atoms with Gasteiger partial charge in [0.25, 0.3) is 0 Å². The summed E-state index contributed by atoms with van der Waals surface area (Å²) in [5.74, 6) is 3.05. The smallest absolute Gasteiger partial charge is 0.157 e. The fourth-order valence-corrected chi connectivity index (χ4v) is 2.85. The van der Waals surface area contributed by atoms with E-state index < -0.39 is 0 Å². The van der Waals surface area contributed by atoms with Gasteiger partial charge in [0.2, 0.25) is 0 Å². The van der Waals surface area contributed by atoms with Gasteiger partial charge in [-0.05, 0) is 20.3 Å². The maximum atomic E-state index is 4.53. The molecule has 0 amide bonds. The van der Waals surface area contributed by atoms with Crippen molar-refractivity contribution in [2.24, 2.45) is 0 Å². The van der Waals surface area contributed by atoms with E-state index in [0.29, 0.717) is 6.54 Å². The van der Waals surface area contributed by atoms with Crippen LogP contribution in [0.15, 0.2) is 12.3 Å². The van der Waals surface area contributed by atoms with Crippen LogP contribution in [0.25, 0.3) is 5.65 Å². The van der Waals surface area contributed by atoms with Crippen LogP contribution in [-0.2, 0) is 19.5 Å². The molecule has 0 spiro atoms. The van der Waals surface area contributed by atoms with Gasteiger partial charge in [-0.3, -0.25) is 0 Å². The number of anilines is 1. The van der Waals surface area contributed by atoms with Crippen LogP contribution in [0.2, 0.25) is 0 Å². The summed E-state index contributed by atoms with van der Waals surface area (Å²) in [5.41, 5.74) is 2.97. The largest absolute Gasteiger partial charge is 0.362 e. The number of nitrogens with zero attached hydrogens (tertiary/aromatic N) is 6. The molecule has 0 atom stereocenters. The molecule has 0 bridgehead atoms. The monoisotopic (exact) mass is 283 g/mol. The van der Waals surface area contributed by atoms with Gasteiger partial charge in [0.1, 0.15) is 11.6 Å². The molecule has 7 nitrogen and oxygen atoms in total. The molecule has 1 aliphatic rings. The molecule has 0 fully saturated rings. The first-order valence-electron chi connectivity index (χ1n) is 7.20. The number of rotatable bonds is 3. The lowest BCUT2D eigenvalue weighted by Gasteiger charge is -2.13. The van der Waals surface area contributed by atoms with Crippen LogP contribution in [0.4, 0.5) is 5.82 Å². The van der Waals surface area contributed by atoms with Gasteiger partial charge in [0.05, 0.1) is 12.7 Å². The summed E-state index contributed by atoms with van der Waals surface area (Å²) in [6, 6.07) is 1.91. The van der Waals surface area contributed by atoms with Gasteiger partial charge < -0.3 is 9.88 Å². The molecular weight excluding hydrogens is 266 g/mol. The van der Waals surface area contributed by atoms with Crippen molar-refractivity contribution in [1.82, 2.24) is 29.4 Å². The summed E-state index contributed by atoms with van der Waals surface area (Å²) < 4.78 is 4.04. The first-order chi connectivity index (χ1) is 10.2. The van der Waals surface area contributed by atoms with Gasteiger partial charge in [0, 0.05) is 30.3 Å². The van der Waals surface area contributed by atoms with Crippen LogP contribution >= 0.6 is 0 Å². The summed E-state index contributed by atoms with van der Waals surface area (Å²) in [5, 5.41) is 16.3. The van der Waals surface area contributed by atoms with Crippen molar-refractivity contribution < 1.29 is 0 Å². The number of aryl methyl sites for hydroxylation is 2.